The summed E-state index contributed by atoms with van der Waals surface area (Å²) in [6.07, 6.45) is 2.14. The fourth-order valence-corrected chi connectivity index (χ4v) is 2.49. The van der Waals surface area contributed by atoms with Crippen LogP contribution in [-0.4, -0.2) is 4.98 Å². The Kier molecular flexibility index (Phi) is 1.59. The molecule has 1 nitrogen and oxygen atoms in total. The van der Waals surface area contributed by atoms with E-state index in [1.165, 1.54) is 4.70 Å². The van der Waals surface area contributed by atoms with Crippen LogP contribution in [0.1, 0.15) is 0 Å². The molecule has 1 atom stereocenters. The van der Waals surface area contributed by atoms with Crippen molar-refractivity contribution in [3.05, 3.63) is 28.7 Å². The number of benzene rings is 1. The molecule has 0 N–H and O–H groups in total. The van der Waals surface area contributed by atoms with Crippen molar-refractivity contribution in [2.24, 2.45) is 6.26 Å². The summed E-state index contributed by atoms with van der Waals surface area (Å²) in [7, 11) is 0.166. The lowest BCUT2D eigenvalue weighted by atomic mass is 10.3. The molecular weight excluding hydrogens is 178 g/mol. The van der Waals surface area contributed by atoms with Crippen LogP contribution in [0, 0.1) is 0 Å². The van der Waals surface area contributed by atoms with Crippen molar-refractivity contribution in [1.29, 1.82) is 0 Å². The van der Waals surface area contributed by atoms with Crippen LogP contribution in [0.3, 0.4) is 0 Å². The quantitative estimate of drug-likeness (QED) is 0.574. The van der Waals surface area contributed by atoms with Crippen molar-refractivity contribution in [2.75, 3.05) is 0 Å². The molecule has 0 amide bonds. The lowest BCUT2D eigenvalue weighted by Gasteiger charge is -1.85. The second-order valence-electron chi connectivity index (χ2n) is 2.38. The number of hydrogen-bond acceptors (Lipinski definition) is 1. The molecule has 2 aromatic rings. The highest BCUT2D eigenvalue weighted by molar-refractivity contribution is 7.33. The van der Waals surface area contributed by atoms with Crippen LogP contribution in [0.4, 0.5) is 0 Å². The number of thiazole rings is 1. The molecule has 1 unspecified atom stereocenters. The van der Waals surface area contributed by atoms with Crippen molar-refractivity contribution >= 4 is 32.3 Å². The predicted octanol–water partition coefficient (Wildman–Crippen LogP) is 3.17. The summed E-state index contributed by atoms with van der Waals surface area (Å²) in [4.78, 5) is 4.24. The topological polar surface area (TPSA) is 12.9 Å². The maximum absolute atomic E-state index is 5.93. The zero-order chi connectivity index (χ0) is 7.84. The molecule has 0 radical (unpaired) electrons. The minimum absolute atomic E-state index is 0.166. The number of rotatable bonds is 0. The Morgan fingerprint density at radius 1 is 1.45 bits per heavy atom. The first-order chi connectivity index (χ1) is 5.29. The molecule has 0 spiro atoms. The van der Waals surface area contributed by atoms with Gasteiger partial charge in [-0.3, -0.25) is 0 Å². The van der Waals surface area contributed by atoms with Crippen LogP contribution >= 0.6 is 22.1 Å². The van der Waals surface area contributed by atoms with Gasteiger partial charge in [0.2, 0.25) is 10.2 Å². The molecule has 0 aliphatic rings. The van der Waals surface area contributed by atoms with Gasteiger partial charge in [0.15, 0.2) is 0 Å². The van der Waals surface area contributed by atoms with Gasteiger partial charge in [-0.25, -0.2) is 0 Å². The lowest BCUT2D eigenvalue weighted by Crippen LogP contribution is -1.67. The molecule has 2 rings (SSSR count). The van der Waals surface area contributed by atoms with E-state index in [-0.39, 0.29) is 10.5 Å². The zero-order valence-corrected chi connectivity index (χ0v) is 7.62. The SMILES string of the molecule is C[s+]1cnc2c(Cl)cccc21. The van der Waals surface area contributed by atoms with E-state index >= 15 is 0 Å². The van der Waals surface area contributed by atoms with Crippen LogP contribution in [-0.2, 0) is 6.26 Å². The van der Waals surface area contributed by atoms with Gasteiger partial charge >= 0.3 is 0 Å². The van der Waals surface area contributed by atoms with E-state index in [1.807, 2.05) is 17.6 Å². The largest absolute Gasteiger partial charge is 0.230 e. The first kappa shape index (κ1) is 7.07. The maximum atomic E-state index is 5.93. The summed E-state index contributed by atoms with van der Waals surface area (Å²) in [5, 5.41) is 0.760. The first-order valence-electron chi connectivity index (χ1n) is 3.26. The summed E-state index contributed by atoms with van der Waals surface area (Å²) < 4.78 is 1.26. The molecule has 3 heteroatoms. The molecule has 1 aromatic heterocycles. The standard InChI is InChI=1S/C8H7ClNS/c1-11-5-10-8-6(9)3-2-4-7(8)11/h2-5H,1H3/q+1. The van der Waals surface area contributed by atoms with Gasteiger partial charge in [-0.15, -0.1) is 0 Å². The minimum Gasteiger partial charge on any atom is -0.198 e. The average molecular weight is 185 g/mol. The van der Waals surface area contributed by atoms with Crippen molar-refractivity contribution in [1.82, 2.24) is 4.98 Å². The van der Waals surface area contributed by atoms with Gasteiger partial charge in [-0.1, -0.05) is 17.7 Å². The van der Waals surface area contributed by atoms with Gasteiger partial charge in [-0.2, -0.15) is 4.98 Å². The summed E-state index contributed by atoms with van der Waals surface area (Å²) >= 11 is 5.93. The van der Waals surface area contributed by atoms with Gasteiger partial charge in [0.1, 0.15) is 11.8 Å². The van der Waals surface area contributed by atoms with Gasteiger partial charge < -0.3 is 0 Å². The van der Waals surface area contributed by atoms with Crippen molar-refractivity contribution in [3.8, 4) is 0 Å². The van der Waals surface area contributed by atoms with Gasteiger partial charge in [0, 0.05) is 16.5 Å². The molecule has 11 heavy (non-hydrogen) atoms. The third kappa shape index (κ3) is 1.03. The molecule has 0 saturated heterocycles. The van der Waals surface area contributed by atoms with Gasteiger partial charge in [0.25, 0.3) is 0 Å². The van der Waals surface area contributed by atoms with Crippen molar-refractivity contribution in [2.45, 2.75) is 0 Å². The first-order valence-corrected chi connectivity index (χ1v) is 5.34. The minimum atomic E-state index is 0.166. The number of aromatic nitrogens is 1. The lowest BCUT2D eigenvalue weighted by molar-refractivity contribution is 1.50. The molecular formula is C8H7ClNS+. The molecule has 0 bridgehead atoms. The summed E-state index contributed by atoms with van der Waals surface area (Å²) in [6.45, 7) is 0. The van der Waals surface area contributed by atoms with Crippen molar-refractivity contribution in [3.63, 3.8) is 0 Å². The number of nitrogens with zero attached hydrogens (tertiary/aromatic N) is 1. The second kappa shape index (κ2) is 2.47. The number of halogens is 1. The Balaban J connectivity index is 2.94. The highest BCUT2D eigenvalue weighted by Crippen LogP contribution is 2.30. The van der Waals surface area contributed by atoms with E-state index in [9.17, 15) is 0 Å². The fraction of sp³-hybridized carbons (Fsp3) is 0.125. The molecule has 0 aliphatic carbocycles. The van der Waals surface area contributed by atoms with Crippen LogP contribution in [0.2, 0.25) is 5.02 Å². The Hall–Kier alpha value is -0.600. The monoisotopic (exact) mass is 184 g/mol. The van der Waals surface area contributed by atoms with Crippen LogP contribution in [0.25, 0.3) is 10.2 Å². The zero-order valence-electron chi connectivity index (χ0n) is 6.04. The fourth-order valence-electron chi connectivity index (χ4n) is 1.07. The van der Waals surface area contributed by atoms with Gasteiger partial charge in [0.05, 0.1) is 5.02 Å². The molecule has 1 aromatic carbocycles. The second-order valence-corrected chi connectivity index (χ2v) is 4.55. The maximum Gasteiger partial charge on any atom is 0.230 e. The third-order valence-electron chi connectivity index (χ3n) is 1.64. The molecule has 0 saturated carbocycles. The van der Waals surface area contributed by atoms with Crippen LogP contribution in [0.5, 0.6) is 0 Å². The van der Waals surface area contributed by atoms with Crippen LogP contribution < -0.4 is 0 Å². The number of para-hydroxylation sites is 1. The van der Waals surface area contributed by atoms with E-state index in [1.54, 1.807) is 0 Å². The summed E-state index contributed by atoms with van der Waals surface area (Å²) in [6, 6.07) is 5.93. The average Bonchev–Trinajstić information content (AvgIpc) is 2.35. The highest BCUT2D eigenvalue weighted by Gasteiger charge is 2.10. The predicted molar refractivity (Wildman–Crippen MR) is 50.2 cm³/mol. The van der Waals surface area contributed by atoms with Gasteiger partial charge in [-0.05, 0) is 6.07 Å². The molecule has 56 valence electrons. The Labute approximate surface area is 72.6 Å². The Morgan fingerprint density at radius 2 is 2.27 bits per heavy atom. The van der Waals surface area contributed by atoms with Crippen LogP contribution in [0.15, 0.2) is 23.7 Å². The van der Waals surface area contributed by atoms with E-state index in [2.05, 4.69) is 17.3 Å². The third-order valence-corrected chi connectivity index (χ3v) is 3.39. The molecule has 0 aliphatic heterocycles. The number of fused-ring (bicyclic) bond motifs is 1. The summed E-state index contributed by atoms with van der Waals surface area (Å²) in [5.41, 5.74) is 2.91. The van der Waals surface area contributed by atoms with E-state index in [0.717, 1.165) is 10.5 Å². The number of aryl methyl sites for hydroxylation is 1. The highest BCUT2D eigenvalue weighted by atomic mass is 35.5. The Bertz CT molecular complexity index is 394. The molecule has 1 heterocycles. The normalized spacial score (nSPS) is 12.4. The number of hydrogen-bond donors (Lipinski definition) is 0. The van der Waals surface area contributed by atoms with E-state index in [4.69, 9.17) is 11.6 Å². The molecule has 0 fully saturated rings. The van der Waals surface area contributed by atoms with Crippen molar-refractivity contribution < 1.29 is 0 Å². The van der Waals surface area contributed by atoms with E-state index in [0.29, 0.717) is 0 Å². The smallest absolute Gasteiger partial charge is 0.198 e. The summed E-state index contributed by atoms with van der Waals surface area (Å²) in [5.74, 6) is 0. The van der Waals surface area contributed by atoms with E-state index < -0.39 is 0 Å². The Morgan fingerprint density at radius 3 is 3.00 bits per heavy atom.